The number of allylic oxidation sites excluding steroid dienone is 14. The quantitative estimate of drug-likeness (QED) is 0.0261. The molecule has 470 valence electrons. The van der Waals surface area contributed by atoms with Crippen LogP contribution in [0.5, 0.6) is 0 Å². The highest BCUT2D eigenvalue weighted by Gasteiger charge is 2.44. The highest BCUT2D eigenvalue weighted by molar-refractivity contribution is 5.76. The van der Waals surface area contributed by atoms with Crippen molar-refractivity contribution in [3.8, 4) is 0 Å². The van der Waals surface area contributed by atoms with Crippen molar-refractivity contribution < 1.29 is 39.8 Å². The molecule has 1 amide bonds. The summed E-state index contributed by atoms with van der Waals surface area (Å²) in [5.41, 5.74) is 0. The average Bonchev–Trinajstić information content (AvgIpc) is 3.48. The molecule has 6 N–H and O–H groups in total. The predicted molar refractivity (Wildman–Crippen MR) is 345 cm³/mol. The number of aliphatic hydroxyl groups excluding tert-OH is 5. The maximum Gasteiger partial charge on any atom is 0.220 e. The molecule has 9 nitrogen and oxygen atoms in total. The van der Waals surface area contributed by atoms with Crippen molar-refractivity contribution in [2.45, 2.75) is 352 Å². The molecule has 0 aromatic carbocycles. The number of rotatable bonds is 59. The van der Waals surface area contributed by atoms with Crippen molar-refractivity contribution in [1.82, 2.24) is 5.32 Å². The van der Waals surface area contributed by atoms with Crippen LogP contribution in [-0.4, -0.2) is 87.5 Å². The summed E-state index contributed by atoms with van der Waals surface area (Å²) in [4.78, 5) is 13.1. The van der Waals surface area contributed by atoms with Crippen molar-refractivity contribution in [3.63, 3.8) is 0 Å². The predicted octanol–water partition coefficient (Wildman–Crippen LogP) is 18.5. The zero-order chi connectivity index (χ0) is 58.6. The Balaban J connectivity index is 2.08. The lowest BCUT2D eigenvalue weighted by molar-refractivity contribution is -0.302. The van der Waals surface area contributed by atoms with Gasteiger partial charge >= 0.3 is 0 Å². The van der Waals surface area contributed by atoms with Gasteiger partial charge in [-0.15, -0.1) is 0 Å². The van der Waals surface area contributed by atoms with Gasteiger partial charge in [-0.2, -0.15) is 0 Å². The SMILES string of the molecule is CC/C=C\C/C=C\C/C=C\C/C=C\C/C=C\C/C=C\C/C=C\CCCCCCCCCCCCCCCCCCCC(=O)NC(COC1OC(CO)C(O)C(O)C1O)C(O)CCCCCCCCCCCCCCCCCCCCC. The largest absolute Gasteiger partial charge is 0.394 e. The first-order chi connectivity index (χ1) is 39.8. The number of nitrogens with one attached hydrogen (secondary N) is 1. The number of hydrogen-bond acceptors (Lipinski definition) is 8. The molecule has 1 aliphatic rings. The van der Waals surface area contributed by atoms with Gasteiger partial charge in [0.15, 0.2) is 6.29 Å². The summed E-state index contributed by atoms with van der Waals surface area (Å²) < 4.78 is 11.4. The van der Waals surface area contributed by atoms with Gasteiger partial charge < -0.3 is 40.3 Å². The minimum absolute atomic E-state index is 0.137. The summed E-state index contributed by atoms with van der Waals surface area (Å²) in [5, 5.41) is 54.9. The molecule has 7 atom stereocenters. The van der Waals surface area contributed by atoms with E-state index in [-0.39, 0.29) is 12.5 Å². The molecule has 1 aliphatic heterocycles. The monoisotopic (exact) mass is 1140 g/mol. The third-order valence-corrected chi connectivity index (χ3v) is 16.0. The van der Waals surface area contributed by atoms with Gasteiger partial charge in [-0.25, -0.2) is 0 Å². The van der Waals surface area contributed by atoms with Crippen LogP contribution in [0.2, 0.25) is 0 Å². The van der Waals surface area contributed by atoms with Crippen LogP contribution in [0.4, 0.5) is 0 Å². The Morgan fingerprint density at radius 3 is 1.14 bits per heavy atom. The van der Waals surface area contributed by atoms with Crippen molar-refractivity contribution in [1.29, 1.82) is 0 Å². The van der Waals surface area contributed by atoms with Gasteiger partial charge in [0.25, 0.3) is 0 Å². The molecular formula is C72H129NO8. The van der Waals surface area contributed by atoms with Gasteiger partial charge in [0.1, 0.15) is 24.4 Å². The number of carbonyl (C=O) groups is 1. The van der Waals surface area contributed by atoms with Crippen LogP contribution in [-0.2, 0) is 14.3 Å². The maximum absolute atomic E-state index is 13.1. The third kappa shape index (κ3) is 49.4. The van der Waals surface area contributed by atoms with Crippen molar-refractivity contribution >= 4 is 5.91 Å². The summed E-state index contributed by atoms with van der Waals surface area (Å²) in [6.45, 7) is 3.75. The smallest absolute Gasteiger partial charge is 0.220 e. The van der Waals surface area contributed by atoms with Gasteiger partial charge in [0, 0.05) is 6.42 Å². The summed E-state index contributed by atoms with van der Waals surface area (Å²) in [6.07, 6.45) is 79.3. The van der Waals surface area contributed by atoms with E-state index in [1.54, 1.807) is 0 Å². The van der Waals surface area contributed by atoms with Crippen LogP contribution in [0.25, 0.3) is 0 Å². The molecule has 0 spiro atoms. The van der Waals surface area contributed by atoms with E-state index in [4.69, 9.17) is 9.47 Å². The Bertz CT molecular complexity index is 1550. The van der Waals surface area contributed by atoms with Crippen molar-refractivity contribution in [2.75, 3.05) is 13.2 Å². The van der Waals surface area contributed by atoms with E-state index in [0.29, 0.717) is 12.8 Å². The second-order valence-electron chi connectivity index (χ2n) is 23.6. The second-order valence-corrected chi connectivity index (χ2v) is 23.6. The van der Waals surface area contributed by atoms with Crippen LogP contribution in [0.15, 0.2) is 85.1 Å². The highest BCUT2D eigenvalue weighted by atomic mass is 16.7. The first kappa shape index (κ1) is 76.4. The molecule has 1 saturated heterocycles. The first-order valence-corrected chi connectivity index (χ1v) is 34.3. The lowest BCUT2D eigenvalue weighted by Gasteiger charge is -2.40. The third-order valence-electron chi connectivity index (χ3n) is 16.0. The standard InChI is InChI=1S/C72H129NO8/c1-3-5-7-9-11-13-15-17-19-21-23-24-25-26-27-28-29-30-31-32-33-34-35-36-37-38-39-40-41-42-44-46-48-50-52-54-56-58-60-62-68(76)73-65(64-80-72-71(79)70(78)69(77)67(63-74)81-72)66(75)61-59-57-55-53-51-49-47-45-43-22-20-18-16-14-12-10-8-6-4-2/h5,7,11,13,17,19,23-24,26-27,29-30,32-33,65-67,69-72,74-75,77-79H,3-4,6,8-10,12,14-16,18,20-22,25,28,31,34-64H2,1-2H3,(H,73,76)/b7-5-,13-11-,19-17-,24-23-,27-26-,30-29-,33-32-. The van der Waals surface area contributed by atoms with E-state index in [1.165, 1.54) is 199 Å². The van der Waals surface area contributed by atoms with Gasteiger partial charge in [-0.3, -0.25) is 4.79 Å². The molecule has 0 radical (unpaired) electrons. The number of carbonyl (C=O) groups excluding carboxylic acids is 1. The molecule has 0 saturated carbocycles. The fourth-order valence-corrected chi connectivity index (χ4v) is 10.7. The molecule has 1 fully saturated rings. The summed E-state index contributed by atoms with van der Waals surface area (Å²) in [7, 11) is 0. The lowest BCUT2D eigenvalue weighted by Crippen LogP contribution is -2.60. The van der Waals surface area contributed by atoms with Crippen LogP contribution >= 0.6 is 0 Å². The fourth-order valence-electron chi connectivity index (χ4n) is 10.7. The Hall–Kier alpha value is -2.63. The van der Waals surface area contributed by atoms with E-state index in [0.717, 1.165) is 83.5 Å². The molecule has 81 heavy (non-hydrogen) atoms. The molecule has 1 heterocycles. The molecule has 1 rings (SSSR count). The number of ether oxygens (including phenoxy) is 2. The summed E-state index contributed by atoms with van der Waals surface area (Å²) in [6, 6.07) is -0.722. The van der Waals surface area contributed by atoms with Crippen molar-refractivity contribution in [2.24, 2.45) is 0 Å². The van der Waals surface area contributed by atoms with Crippen molar-refractivity contribution in [3.05, 3.63) is 85.1 Å². The fraction of sp³-hybridized carbons (Fsp3) is 0.792. The maximum atomic E-state index is 13.1. The minimum Gasteiger partial charge on any atom is -0.394 e. The zero-order valence-electron chi connectivity index (χ0n) is 52.5. The topological polar surface area (TPSA) is 149 Å². The summed E-state index contributed by atoms with van der Waals surface area (Å²) >= 11 is 0. The van der Waals surface area contributed by atoms with E-state index in [2.05, 4.69) is 104 Å². The van der Waals surface area contributed by atoms with E-state index < -0.39 is 49.5 Å². The lowest BCUT2D eigenvalue weighted by atomic mass is 9.99. The van der Waals surface area contributed by atoms with E-state index in [9.17, 15) is 30.3 Å². The van der Waals surface area contributed by atoms with Gasteiger partial charge in [-0.1, -0.05) is 317 Å². The second kappa shape index (κ2) is 60.5. The van der Waals surface area contributed by atoms with E-state index in [1.807, 2.05) is 0 Å². The molecule has 0 aliphatic carbocycles. The van der Waals surface area contributed by atoms with Crippen LogP contribution < -0.4 is 5.32 Å². The van der Waals surface area contributed by atoms with Crippen LogP contribution in [0, 0.1) is 0 Å². The minimum atomic E-state index is -1.56. The van der Waals surface area contributed by atoms with Gasteiger partial charge in [0.2, 0.25) is 5.91 Å². The van der Waals surface area contributed by atoms with Gasteiger partial charge in [0.05, 0.1) is 25.4 Å². The van der Waals surface area contributed by atoms with Gasteiger partial charge in [-0.05, 0) is 70.6 Å². The molecule has 9 heteroatoms. The highest BCUT2D eigenvalue weighted by Crippen LogP contribution is 2.23. The summed E-state index contributed by atoms with van der Waals surface area (Å²) in [5.74, 6) is -0.142. The molecule has 0 aromatic heterocycles. The zero-order valence-corrected chi connectivity index (χ0v) is 52.5. The normalized spacial score (nSPS) is 18.9. The van der Waals surface area contributed by atoms with E-state index >= 15 is 0 Å². The Morgan fingerprint density at radius 2 is 0.765 bits per heavy atom. The Labute approximate surface area is 499 Å². The average molecular weight is 1140 g/mol. The number of aliphatic hydroxyl groups is 5. The van der Waals surface area contributed by atoms with Crippen LogP contribution in [0.1, 0.15) is 309 Å². The Kier molecular flexibility index (Phi) is 57.0. The first-order valence-electron chi connectivity index (χ1n) is 34.3. The molecule has 0 aromatic rings. The molecule has 0 bridgehead atoms. The number of hydrogen-bond donors (Lipinski definition) is 6. The molecule has 7 unspecified atom stereocenters. The number of unbranched alkanes of at least 4 members (excludes halogenated alkanes) is 35. The van der Waals surface area contributed by atoms with Crippen LogP contribution in [0.3, 0.4) is 0 Å². The number of amides is 1. The Morgan fingerprint density at radius 1 is 0.432 bits per heavy atom. The molecular weight excluding hydrogens is 1010 g/mol.